The van der Waals surface area contributed by atoms with Crippen LogP contribution in [-0.4, -0.2) is 21.5 Å². The molecular weight excluding hydrogens is 376 g/mol. The maximum Gasteiger partial charge on any atom is 0.435 e. The van der Waals surface area contributed by atoms with Crippen LogP contribution < -0.4 is 0 Å². The number of carbonyl (C=O) groups excluding carboxylic acids is 1. The Bertz CT molecular complexity index is 615. The first-order chi connectivity index (χ1) is 8.79. The first kappa shape index (κ1) is 14.5. The molecule has 0 spiro atoms. The van der Waals surface area contributed by atoms with Crippen LogP contribution in [0.25, 0.3) is 10.9 Å². The van der Waals surface area contributed by atoms with Gasteiger partial charge in [-0.25, -0.2) is 4.79 Å². The van der Waals surface area contributed by atoms with Crippen LogP contribution in [0.5, 0.6) is 0 Å². The lowest BCUT2D eigenvalue weighted by molar-refractivity contribution is 0.0522. The highest BCUT2D eigenvalue weighted by atomic mass is 79.9. The van der Waals surface area contributed by atoms with E-state index in [0.717, 1.165) is 16.6 Å². The highest BCUT2D eigenvalue weighted by Gasteiger charge is 2.23. The molecule has 0 aliphatic rings. The number of nitrogens with zero attached hydrogens (tertiary/aromatic N) is 2. The molecule has 1 aromatic carbocycles. The highest BCUT2D eigenvalue weighted by molar-refractivity contribution is 9.24. The zero-order chi connectivity index (χ0) is 14.2. The molecule has 1 aromatic heterocycles. The highest BCUT2D eigenvalue weighted by Crippen LogP contribution is 2.33. The summed E-state index contributed by atoms with van der Waals surface area (Å²) in [6.07, 6.45) is -0.476. The average molecular weight is 390 g/mol. The van der Waals surface area contributed by atoms with Gasteiger partial charge >= 0.3 is 6.09 Å². The number of alkyl halides is 2. The molecule has 102 valence electrons. The van der Waals surface area contributed by atoms with E-state index in [4.69, 9.17) is 4.74 Å². The third-order valence-electron chi connectivity index (χ3n) is 2.39. The normalized spacial score (nSPS) is 12.1. The van der Waals surface area contributed by atoms with Crippen LogP contribution in [0.4, 0.5) is 4.79 Å². The lowest BCUT2D eigenvalue weighted by Gasteiger charge is -2.19. The van der Waals surface area contributed by atoms with Crippen LogP contribution in [-0.2, 0) is 4.74 Å². The van der Waals surface area contributed by atoms with Crippen molar-refractivity contribution in [3.8, 4) is 0 Å². The Kier molecular flexibility index (Phi) is 4.01. The Hall–Kier alpha value is -0.880. The Labute approximate surface area is 128 Å². The first-order valence-corrected chi connectivity index (χ1v) is 7.62. The molecular formula is C13H14Br2N2O2. The molecule has 0 bridgehead atoms. The van der Waals surface area contributed by atoms with Gasteiger partial charge in [-0.3, -0.25) is 0 Å². The van der Waals surface area contributed by atoms with E-state index in [1.807, 2.05) is 45.0 Å². The number of hydrogen-bond acceptors (Lipinski definition) is 3. The van der Waals surface area contributed by atoms with E-state index in [9.17, 15) is 4.79 Å². The molecule has 0 atom stereocenters. The monoisotopic (exact) mass is 388 g/mol. The molecule has 0 fully saturated rings. The summed E-state index contributed by atoms with van der Waals surface area (Å²) in [6, 6.07) is 7.55. The molecule has 0 N–H and O–H groups in total. The minimum atomic E-state index is -0.549. The van der Waals surface area contributed by atoms with Gasteiger partial charge in [-0.2, -0.15) is 9.78 Å². The third-order valence-corrected chi connectivity index (χ3v) is 3.26. The number of hydrogen-bond donors (Lipinski definition) is 0. The molecule has 0 radical (unpaired) electrons. The number of rotatable bonds is 1. The zero-order valence-corrected chi connectivity index (χ0v) is 14.0. The summed E-state index contributed by atoms with van der Waals surface area (Å²) in [5, 5.41) is 5.23. The van der Waals surface area contributed by atoms with Gasteiger partial charge < -0.3 is 4.74 Å². The van der Waals surface area contributed by atoms with Gasteiger partial charge in [-0.15, -0.1) is 0 Å². The fourth-order valence-electron chi connectivity index (χ4n) is 1.70. The molecule has 0 saturated carbocycles. The minimum Gasteiger partial charge on any atom is -0.442 e. The molecule has 0 unspecified atom stereocenters. The van der Waals surface area contributed by atoms with Gasteiger partial charge in [0.1, 0.15) is 9.34 Å². The van der Waals surface area contributed by atoms with Crippen LogP contribution >= 0.6 is 31.9 Å². The lowest BCUT2D eigenvalue weighted by Crippen LogP contribution is -2.27. The number of para-hydroxylation sites is 1. The van der Waals surface area contributed by atoms with Gasteiger partial charge in [0.25, 0.3) is 0 Å². The number of halogens is 2. The number of fused-ring (bicyclic) bond motifs is 1. The van der Waals surface area contributed by atoms with E-state index in [0.29, 0.717) is 0 Å². The number of ether oxygens (including phenoxy) is 1. The Morgan fingerprint density at radius 2 is 1.95 bits per heavy atom. The zero-order valence-electron chi connectivity index (χ0n) is 10.9. The predicted molar refractivity (Wildman–Crippen MR) is 82.0 cm³/mol. The summed E-state index contributed by atoms with van der Waals surface area (Å²) in [6.45, 7) is 5.49. The SMILES string of the molecule is CC(C)(C)OC(=O)n1nc(C(Br)Br)c2ccccc21. The van der Waals surface area contributed by atoms with Crippen molar-refractivity contribution in [2.24, 2.45) is 0 Å². The summed E-state index contributed by atoms with van der Waals surface area (Å²) in [5.41, 5.74) is 0.934. The first-order valence-electron chi connectivity index (χ1n) is 5.79. The molecule has 0 amide bonds. The van der Waals surface area contributed by atoms with E-state index in [1.165, 1.54) is 4.68 Å². The van der Waals surface area contributed by atoms with Crippen LogP contribution in [0.2, 0.25) is 0 Å². The molecule has 2 aromatic rings. The minimum absolute atomic E-state index is 0.117. The summed E-state index contributed by atoms with van der Waals surface area (Å²) < 4.78 is 6.54. The maximum absolute atomic E-state index is 12.2. The number of carbonyl (C=O) groups is 1. The number of benzene rings is 1. The summed E-state index contributed by atoms with van der Waals surface area (Å²) in [5.74, 6) is 0. The van der Waals surface area contributed by atoms with Crippen molar-refractivity contribution in [3.63, 3.8) is 0 Å². The van der Waals surface area contributed by atoms with Gasteiger partial charge in [-0.1, -0.05) is 50.1 Å². The van der Waals surface area contributed by atoms with Crippen LogP contribution in [0.3, 0.4) is 0 Å². The molecule has 0 saturated heterocycles. The largest absolute Gasteiger partial charge is 0.442 e. The summed E-state index contributed by atoms with van der Waals surface area (Å²) >= 11 is 6.83. The lowest BCUT2D eigenvalue weighted by atomic mass is 10.2. The van der Waals surface area contributed by atoms with Gasteiger partial charge in [-0.05, 0) is 26.8 Å². The molecule has 0 aliphatic heterocycles. The second kappa shape index (κ2) is 5.25. The average Bonchev–Trinajstić information content (AvgIpc) is 2.66. The van der Waals surface area contributed by atoms with Crippen molar-refractivity contribution in [2.75, 3.05) is 0 Å². The van der Waals surface area contributed by atoms with Gasteiger partial charge in [0.15, 0.2) is 0 Å². The van der Waals surface area contributed by atoms with Gasteiger partial charge in [0, 0.05) is 5.39 Å². The van der Waals surface area contributed by atoms with Crippen molar-refractivity contribution in [3.05, 3.63) is 30.0 Å². The van der Waals surface area contributed by atoms with E-state index >= 15 is 0 Å². The maximum atomic E-state index is 12.2. The Morgan fingerprint density at radius 1 is 1.32 bits per heavy atom. The molecule has 6 heteroatoms. The van der Waals surface area contributed by atoms with Crippen molar-refractivity contribution < 1.29 is 9.53 Å². The standard InChI is InChI=1S/C13H14Br2N2O2/c1-13(2,3)19-12(18)17-9-7-5-4-6-8(9)10(16-17)11(14)15/h4-7,11H,1-3H3. The second-order valence-electron chi connectivity index (χ2n) is 5.10. The van der Waals surface area contributed by atoms with E-state index in [1.54, 1.807) is 0 Å². The molecule has 4 nitrogen and oxygen atoms in total. The fraction of sp³-hybridized carbons (Fsp3) is 0.385. The Balaban J connectivity index is 2.52. The fourth-order valence-corrected chi connectivity index (χ4v) is 2.37. The number of aromatic nitrogens is 2. The molecule has 2 rings (SSSR count). The molecule has 0 aliphatic carbocycles. The van der Waals surface area contributed by atoms with Gasteiger partial charge in [0.2, 0.25) is 0 Å². The van der Waals surface area contributed by atoms with E-state index < -0.39 is 11.7 Å². The Morgan fingerprint density at radius 3 is 2.53 bits per heavy atom. The van der Waals surface area contributed by atoms with Crippen molar-refractivity contribution in [1.82, 2.24) is 9.78 Å². The molecule has 1 heterocycles. The van der Waals surface area contributed by atoms with Crippen LogP contribution in [0, 0.1) is 0 Å². The van der Waals surface area contributed by atoms with Crippen LogP contribution in [0.1, 0.15) is 30.2 Å². The van der Waals surface area contributed by atoms with E-state index in [2.05, 4.69) is 37.0 Å². The van der Waals surface area contributed by atoms with Crippen molar-refractivity contribution in [2.45, 2.75) is 30.1 Å². The summed E-state index contributed by atoms with van der Waals surface area (Å²) in [4.78, 5) is 12.2. The quantitative estimate of drug-likeness (QED) is 0.669. The smallest absolute Gasteiger partial charge is 0.435 e. The van der Waals surface area contributed by atoms with Crippen LogP contribution in [0.15, 0.2) is 24.3 Å². The van der Waals surface area contributed by atoms with Gasteiger partial charge in [0.05, 0.1) is 11.2 Å². The topological polar surface area (TPSA) is 44.1 Å². The van der Waals surface area contributed by atoms with Crippen molar-refractivity contribution >= 4 is 48.9 Å². The third kappa shape index (κ3) is 3.17. The predicted octanol–water partition coefficient (Wildman–Crippen LogP) is 4.61. The van der Waals surface area contributed by atoms with E-state index in [-0.39, 0.29) is 3.74 Å². The summed E-state index contributed by atoms with van der Waals surface area (Å²) in [7, 11) is 0. The second-order valence-corrected chi connectivity index (χ2v) is 8.16. The molecule has 19 heavy (non-hydrogen) atoms. The van der Waals surface area contributed by atoms with Crippen molar-refractivity contribution in [1.29, 1.82) is 0 Å².